The van der Waals surface area contributed by atoms with Crippen LogP contribution in [0, 0.1) is 11.6 Å². The van der Waals surface area contributed by atoms with Gasteiger partial charge in [0.2, 0.25) is 0 Å². The van der Waals surface area contributed by atoms with E-state index < -0.39 is 17.7 Å². The van der Waals surface area contributed by atoms with Gasteiger partial charge >= 0.3 is 0 Å². The molecule has 0 amide bonds. The van der Waals surface area contributed by atoms with Gasteiger partial charge in [-0.3, -0.25) is 0 Å². The zero-order valence-corrected chi connectivity index (χ0v) is 7.84. The van der Waals surface area contributed by atoms with E-state index in [2.05, 4.69) is 6.58 Å². The summed E-state index contributed by atoms with van der Waals surface area (Å²) < 4.78 is 26.0. The summed E-state index contributed by atoms with van der Waals surface area (Å²) in [6.07, 6.45) is 2.97. The zero-order valence-electron chi connectivity index (χ0n) is 7.84. The SMILES string of the molecule is C=CCC[C@H](N)c1cc(F)ccc1F. The topological polar surface area (TPSA) is 26.0 Å². The smallest absolute Gasteiger partial charge is 0.128 e. The average molecular weight is 197 g/mol. The van der Waals surface area contributed by atoms with Crippen LogP contribution in [0.4, 0.5) is 8.78 Å². The number of benzene rings is 1. The molecule has 0 unspecified atom stereocenters. The first-order valence-electron chi connectivity index (χ1n) is 4.46. The van der Waals surface area contributed by atoms with Gasteiger partial charge in [0, 0.05) is 11.6 Å². The molecule has 0 saturated carbocycles. The Bertz CT molecular complexity index is 323. The van der Waals surface area contributed by atoms with Crippen LogP contribution in [0.2, 0.25) is 0 Å². The second kappa shape index (κ2) is 4.86. The van der Waals surface area contributed by atoms with E-state index in [1.54, 1.807) is 6.08 Å². The van der Waals surface area contributed by atoms with Gasteiger partial charge in [0.05, 0.1) is 0 Å². The van der Waals surface area contributed by atoms with Crippen molar-refractivity contribution in [1.82, 2.24) is 0 Å². The largest absolute Gasteiger partial charge is 0.324 e. The van der Waals surface area contributed by atoms with Gasteiger partial charge < -0.3 is 5.73 Å². The van der Waals surface area contributed by atoms with E-state index in [1.807, 2.05) is 0 Å². The first-order chi connectivity index (χ1) is 6.65. The first kappa shape index (κ1) is 10.9. The van der Waals surface area contributed by atoms with Crippen molar-refractivity contribution in [3.8, 4) is 0 Å². The summed E-state index contributed by atoms with van der Waals surface area (Å²) in [6.45, 7) is 3.54. The van der Waals surface area contributed by atoms with Gasteiger partial charge in [0.25, 0.3) is 0 Å². The molecule has 2 N–H and O–H groups in total. The number of hydrogen-bond acceptors (Lipinski definition) is 1. The Morgan fingerprint density at radius 3 is 2.79 bits per heavy atom. The van der Waals surface area contributed by atoms with E-state index in [0.717, 1.165) is 18.2 Å². The maximum atomic E-state index is 13.2. The molecular weight excluding hydrogens is 184 g/mol. The van der Waals surface area contributed by atoms with E-state index in [0.29, 0.717) is 12.8 Å². The Morgan fingerprint density at radius 2 is 2.14 bits per heavy atom. The highest BCUT2D eigenvalue weighted by Gasteiger charge is 2.11. The molecule has 0 radical (unpaired) electrons. The van der Waals surface area contributed by atoms with Crippen LogP contribution in [0.15, 0.2) is 30.9 Å². The number of halogens is 2. The van der Waals surface area contributed by atoms with Gasteiger partial charge in [0.1, 0.15) is 11.6 Å². The predicted octanol–water partition coefficient (Wildman–Crippen LogP) is 2.93. The number of nitrogens with two attached hydrogens (primary N) is 1. The predicted molar refractivity (Wildman–Crippen MR) is 52.7 cm³/mol. The molecule has 0 heterocycles. The summed E-state index contributed by atoms with van der Waals surface area (Å²) in [5.41, 5.74) is 5.92. The lowest BCUT2D eigenvalue weighted by Gasteiger charge is -2.11. The molecule has 0 aliphatic heterocycles. The van der Waals surface area contributed by atoms with Crippen LogP contribution < -0.4 is 5.73 Å². The number of allylic oxidation sites excluding steroid dienone is 1. The maximum absolute atomic E-state index is 13.2. The van der Waals surface area contributed by atoms with E-state index in [1.165, 1.54) is 0 Å². The second-order valence-corrected chi connectivity index (χ2v) is 3.14. The van der Waals surface area contributed by atoms with Crippen LogP contribution in [0.3, 0.4) is 0 Å². The van der Waals surface area contributed by atoms with Crippen molar-refractivity contribution in [2.45, 2.75) is 18.9 Å². The Balaban J connectivity index is 2.82. The van der Waals surface area contributed by atoms with Crippen molar-refractivity contribution in [2.75, 3.05) is 0 Å². The molecule has 76 valence electrons. The summed E-state index contributed by atoms with van der Waals surface area (Å²) >= 11 is 0. The highest BCUT2D eigenvalue weighted by Crippen LogP contribution is 2.20. The molecule has 0 saturated heterocycles. The molecule has 1 nitrogen and oxygen atoms in total. The van der Waals surface area contributed by atoms with E-state index >= 15 is 0 Å². The third-order valence-electron chi connectivity index (χ3n) is 2.04. The average Bonchev–Trinajstić information content (AvgIpc) is 2.18. The quantitative estimate of drug-likeness (QED) is 0.738. The van der Waals surface area contributed by atoms with Gasteiger partial charge in [-0.1, -0.05) is 6.08 Å². The van der Waals surface area contributed by atoms with E-state index in [9.17, 15) is 8.78 Å². The Morgan fingerprint density at radius 1 is 1.43 bits per heavy atom. The minimum absolute atomic E-state index is 0.229. The Hall–Kier alpha value is -1.22. The minimum Gasteiger partial charge on any atom is -0.324 e. The fourth-order valence-corrected chi connectivity index (χ4v) is 1.25. The van der Waals surface area contributed by atoms with Crippen LogP contribution >= 0.6 is 0 Å². The van der Waals surface area contributed by atoms with Crippen LogP contribution in [0.5, 0.6) is 0 Å². The standard InChI is InChI=1S/C11H13F2N/c1-2-3-4-11(14)9-7-8(12)5-6-10(9)13/h2,5-7,11H,1,3-4,14H2/t11-/m0/s1. The molecule has 0 bridgehead atoms. The normalized spacial score (nSPS) is 12.5. The van der Waals surface area contributed by atoms with Crippen molar-refractivity contribution in [3.63, 3.8) is 0 Å². The molecule has 14 heavy (non-hydrogen) atoms. The molecule has 0 fully saturated rings. The monoisotopic (exact) mass is 197 g/mol. The van der Waals surface area contributed by atoms with Crippen molar-refractivity contribution in [3.05, 3.63) is 48.1 Å². The molecule has 0 aromatic heterocycles. The molecule has 3 heteroatoms. The molecular formula is C11H13F2N. The maximum Gasteiger partial charge on any atom is 0.128 e. The van der Waals surface area contributed by atoms with Gasteiger partial charge in [-0.05, 0) is 31.0 Å². The number of rotatable bonds is 4. The summed E-state index contributed by atoms with van der Waals surface area (Å²) in [5, 5.41) is 0. The number of hydrogen-bond donors (Lipinski definition) is 1. The van der Waals surface area contributed by atoms with Crippen LogP contribution in [0.1, 0.15) is 24.4 Å². The highest BCUT2D eigenvalue weighted by molar-refractivity contribution is 5.21. The van der Waals surface area contributed by atoms with Crippen LogP contribution in [-0.4, -0.2) is 0 Å². The third kappa shape index (κ3) is 2.64. The lowest BCUT2D eigenvalue weighted by molar-refractivity contribution is 0.550. The summed E-state index contributed by atoms with van der Waals surface area (Å²) in [4.78, 5) is 0. The van der Waals surface area contributed by atoms with Crippen LogP contribution in [0.25, 0.3) is 0 Å². The summed E-state index contributed by atoms with van der Waals surface area (Å²) in [5.74, 6) is -0.918. The van der Waals surface area contributed by atoms with Crippen molar-refractivity contribution in [2.24, 2.45) is 5.73 Å². The fraction of sp³-hybridized carbons (Fsp3) is 0.273. The van der Waals surface area contributed by atoms with Crippen molar-refractivity contribution >= 4 is 0 Å². The van der Waals surface area contributed by atoms with Crippen LogP contribution in [-0.2, 0) is 0 Å². The summed E-state index contributed by atoms with van der Waals surface area (Å²) in [7, 11) is 0. The van der Waals surface area contributed by atoms with Gasteiger partial charge in [-0.2, -0.15) is 0 Å². The molecule has 1 atom stereocenters. The lowest BCUT2D eigenvalue weighted by Crippen LogP contribution is -2.12. The lowest BCUT2D eigenvalue weighted by atomic mass is 10.0. The summed E-state index contributed by atoms with van der Waals surface area (Å²) in [6, 6.07) is 2.85. The molecule has 1 aromatic rings. The molecule has 0 aliphatic rings. The van der Waals surface area contributed by atoms with Crippen molar-refractivity contribution < 1.29 is 8.78 Å². The zero-order chi connectivity index (χ0) is 10.6. The van der Waals surface area contributed by atoms with Gasteiger partial charge in [0.15, 0.2) is 0 Å². The minimum atomic E-state index is -0.469. The Labute approximate surface area is 82.2 Å². The van der Waals surface area contributed by atoms with Crippen molar-refractivity contribution in [1.29, 1.82) is 0 Å². The Kier molecular flexibility index (Phi) is 3.77. The third-order valence-corrected chi connectivity index (χ3v) is 2.04. The van der Waals surface area contributed by atoms with Gasteiger partial charge in [-0.25, -0.2) is 8.78 Å². The molecule has 0 spiro atoms. The van der Waals surface area contributed by atoms with E-state index in [-0.39, 0.29) is 5.56 Å². The highest BCUT2D eigenvalue weighted by atomic mass is 19.1. The molecule has 0 aliphatic carbocycles. The van der Waals surface area contributed by atoms with E-state index in [4.69, 9.17) is 5.73 Å². The molecule has 1 rings (SSSR count). The first-order valence-corrected chi connectivity index (χ1v) is 4.46. The fourth-order valence-electron chi connectivity index (χ4n) is 1.25. The van der Waals surface area contributed by atoms with Gasteiger partial charge in [-0.15, -0.1) is 6.58 Å². The molecule has 1 aromatic carbocycles. The second-order valence-electron chi connectivity index (χ2n) is 3.14.